The van der Waals surface area contributed by atoms with E-state index in [1.807, 2.05) is 12.1 Å². The van der Waals surface area contributed by atoms with E-state index in [0.29, 0.717) is 0 Å². The highest BCUT2D eigenvalue weighted by Crippen LogP contribution is 2.56. The van der Waals surface area contributed by atoms with Gasteiger partial charge in [-0.25, -0.2) is 0 Å². The maximum atomic E-state index is 6.48. The number of rotatable bonds is 10. The lowest BCUT2D eigenvalue weighted by Crippen LogP contribution is -2.16. The summed E-state index contributed by atoms with van der Waals surface area (Å²) in [5, 5.41) is 14.9. The zero-order chi connectivity index (χ0) is 78.3. The van der Waals surface area contributed by atoms with Crippen molar-refractivity contribution in [1.29, 1.82) is 0 Å². The molecule has 0 fully saturated rings. The molecule has 0 amide bonds. The second-order valence-corrected chi connectivity index (χ2v) is 32.5. The summed E-state index contributed by atoms with van der Waals surface area (Å²) in [6, 6.07) is 146. The predicted molar refractivity (Wildman–Crippen MR) is 498 cm³/mol. The minimum Gasteiger partial charge on any atom is -0.456 e. The van der Waals surface area contributed by atoms with Gasteiger partial charge >= 0.3 is 0 Å². The van der Waals surface area contributed by atoms with E-state index >= 15 is 0 Å². The minimum absolute atomic E-state index is 0.0806. The molecule has 0 N–H and O–H groups in total. The number of aromatic nitrogens is 2. The van der Waals surface area contributed by atoms with Crippen molar-refractivity contribution in [2.24, 2.45) is 0 Å². The van der Waals surface area contributed by atoms with E-state index in [1.165, 1.54) is 154 Å². The highest BCUT2D eigenvalue weighted by atomic mass is 16.3. The van der Waals surface area contributed by atoms with Crippen LogP contribution in [0.2, 0.25) is 0 Å². The summed E-state index contributed by atoms with van der Waals surface area (Å²) in [6.45, 7) is 4.70. The van der Waals surface area contributed by atoms with Crippen LogP contribution in [0.4, 0.5) is 34.1 Å². The van der Waals surface area contributed by atoms with Crippen molar-refractivity contribution in [3.8, 4) is 89.3 Å². The van der Waals surface area contributed by atoms with Crippen LogP contribution >= 0.6 is 0 Å². The molecule has 0 atom stereocenters. The molecule has 3 aliphatic carbocycles. The molecule has 4 aromatic heterocycles. The number of fused-ring (bicyclic) bond motifs is 15. The number of furan rings is 2. The van der Waals surface area contributed by atoms with Crippen molar-refractivity contribution in [3.05, 3.63) is 412 Å². The summed E-state index contributed by atoms with van der Waals surface area (Å²) in [7, 11) is 0. The van der Waals surface area contributed by atoms with E-state index in [9.17, 15) is 0 Å². The third kappa shape index (κ3) is 10.1. The van der Waals surface area contributed by atoms with Crippen molar-refractivity contribution in [2.75, 3.05) is 9.80 Å². The van der Waals surface area contributed by atoms with Crippen LogP contribution < -0.4 is 9.80 Å². The lowest BCUT2D eigenvalue weighted by Gasteiger charge is -2.28. The molecule has 0 saturated carbocycles. The number of nitrogens with zero attached hydrogens (tertiary/aromatic N) is 4. The first-order valence-electron chi connectivity index (χ1n) is 41.1. The number of hydrogen-bond acceptors (Lipinski definition) is 4. The van der Waals surface area contributed by atoms with E-state index < -0.39 is 0 Å². The maximum absolute atomic E-state index is 6.48. The minimum atomic E-state index is -0.0806. The fraction of sp³-hybridized carbons (Fsp3) is 0.0265. The van der Waals surface area contributed by atoms with E-state index in [0.717, 1.165) is 89.4 Å². The Balaban J connectivity index is 0.000000134. The molecular formula is C113H72N4O2. The van der Waals surface area contributed by atoms with Crippen LogP contribution in [0, 0.1) is 0 Å². The number of hydrogen-bond donors (Lipinski definition) is 0. The van der Waals surface area contributed by atoms with Gasteiger partial charge in [0.05, 0.1) is 22.1 Å². The van der Waals surface area contributed by atoms with Gasteiger partial charge in [0, 0.05) is 94.0 Å². The highest BCUT2D eigenvalue weighted by Gasteiger charge is 2.37. The molecule has 119 heavy (non-hydrogen) atoms. The summed E-state index contributed by atoms with van der Waals surface area (Å²) >= 11 is 0. The van der Waals surface area contributed by atoms with Crippen LogP contribution in [0.15, 0.2) is 409 Å². The van der Waals surface area contributed by atoms with E-state index in [4.69, 9.17) is 8.83 Å². The van der Waals surface area contributed by atoms with Gasteiger partial charge < -0.3 is 27.8 Å². The van der Waals surface area contributed by atoms with Gasteiger partial charge in [-0.2, -0.15) is 0 Å². The van der Waals surface area contributed by atoms with E-state index in [2.05, 4.69) is 421 Å². The average Bonchev–Trinajstić information content (AvgIpc) is 1.54. The smallest absolute Gasteiger partial charge is 0.136 e. The van der Waals surface area contributed by atoms with Crippen molar-refractivity contribution in [3.63, 3.8) is 0 Å². The summed E-state index contributed by atoms with van der Waals surface area (Å²) in [4.78, 5) is 4.68. The summed E-state index contributed by atoms with van der Waals surface area (Å²) in [5.41, 5.74) is 37.5. The third-order valence-corrected chi connectivity index (χ3v) is 25.8. The zero-order valence-electron chi connectivity index (χ0n) is 65.2. The van der Waals surface area contributed by atoms with Gasteiger partial charge in [0.15, 0.2) is 0 Å². The third-order valence-electron chi connectivity index (χ3n) is 25.8. The highest BCUT2D eigenvalue weighted by molar-refractivity contribution is 6.33. The fourth-order valence-electron chi connectivity index (χ4n) is 20.4. The first-order valence-corrected chi connectivity index (χ1v) is 41.1. The summed E-state index contributed by atoms with van der Waals surface area (Å²) in [5.74, 6) is 0. The molecule has 0 unspecified atom stereocenters. The van der Waals surface area contributed by atoms with E-state index in [-0.39, 0.29) is 5.41 Å². The molecule has 0 bridgehead atoms. The molecular weight excluding hydrogens is 1450 g/mol. The Labute approximate surface area is 686 Å². The van der Waals surface area contributed by atoms with Crippen molar-refractivity contribution < 1.29 is 8.83 Å². The molecule has 26 rings (SSSR count). The standard InChI is InChI=1S/C61H40N2O.C52H32N2O/c1-61(2)52-19-8-6-15-44(52)45-32-31-43(34-53(45)61)62(40-13-4-3-5-14-40)41-27-22-37(23-28-41)38-24-29-42(30-25-38)63-54-20-11-18-48-50-36-57-51(46-16-7-9-21-56(46)64-57)35-49(50)47-17-10-12-39-26-33-55(63)60(58(39)47)59(48)54;1-3-12-36(13-4-1)53(37-14-5-2-6-15-37)38-26-21-33(22-27-38)34-23-28-39(29-24-34)54-46-19-10-18-42-44-32-49-45(40-16-7-8-20-48(40)55-49)31-43(44)41-17-9-11-35-25-30-47(54)52(50(35)41)51(42)46/h3-36H,1-2H3;1-32H. The molecule has 556 valence electrons. The van der Waals surface area contributed by atoms with E-state index in [1.54, 1.807) is 0 Å². The number of anilines is 6. The van der Waals surface area contributed by atoms with Gasteiger partial charge in [-0.1, -0.05) is 257 Å². The van der Waals surface area contributed by atoms with Crippen LogP contribution in [0.5, 0.6) is 0 Å². The molecule has 19 aromatic carbocycles. The Bertz CT molecular complexity index is 8110. The van der Waals surface area contributed by atoms with Crippen molar-refractivity contribution >= 4 is 143 Å². The van der Waals surface area contributed by atoms with Gasteiger partial charge in [0.2, 0.25) is 0 Å². The topological polar surface area (TPSA) is 42.6 Å². The molecule has 6 heteroatoms. The average molecular weight is 1520 g/mol. The van der Waals surface area contributed by atoms with Gasteiger partial charge in [-0.3, -0.25) is 0 Å². The molecule has 23 aromatic rings. The molecule has 3 aliphatic rings. The monoisotopic (exact) mass is 1520 g/mol. The Morgan fingerprint density at radius 2 is 0.555 bits per heavy atom. The van der Waals surface area contributed by atoms with Gasteiger partial charge in [0.1, 0.15) is 22.3 Å². The van der Waals surface area contributed by atoms with Crippen LogP contribution in [-0.4, -0.2) is 9.13 Å². The first kappa shape index (κ1) is 66.9. The second kappa shape index (κ2) is 25.8. The summed E-state index contributed by atoms with van der Waals surface area (Å²) < 4.78 is 17.8. The van der Waals surface area contributed by atoms with Gasteiger partial charge in [-0.05, 0) is 268 Å². The number of benzene rings is 19. The molecule has 0 radical (unpaired) electrons. The van der Waals surface area contributed by atoms with Gasteiger partial charge in [0.25, 0.3) is 0 Å². The van der Waals surface area contributed by atoms with Crippen LogP contribution in [0.1, 0.15) is 25.0 Å². The molecule has 0 saturated heterocycles. The first-order chi connectivity index (χ1) is 58.8. The molecule has 6 nitrogen and oxygen atoms in total. The van der Waals surface area contributed by atoms with Crippen molar-refractivity contribution in [2.45, 2.75) is 19.3 Å². The fourth-order valence-corrected chi connectivity index (χ4v) is 20.4. The van der Waals surface area contributed by atoms with Crippen LogP contribution in [0.3, 0.4) is 0 Å². The quantitative estimate of drug-likeness (QED) is 0.137. The Morgan fingerprint density at radius 1 is 0.210 bits per heavy atom. The zero-order valence-corrected chi connectivity index (χ0v) is 65.2. The Kier molecular flexibility index (Phi) is 14.5. The Morgan fingerprint density at radius 3 is 1.02 bits per heavy atom. The van der Waals surface area contributed by atoms with Crippen molar-refractivity contribution in [1.82, 2.24) is 9.13 Å². The van der Waals surface area contributed by atoms with Crippen LogP contribution in [0.25, 0.3) is 198 Å². The predicted octanol–water partition coefficient (Wildman–Crippen LogP) is 31.5. The van der Waals surface area contributed by atoms with Gasteiger partial charge in [-0.15, -0.1) is 0 Å². The Hall–Kier alpha value is -15.5. The molecule has 0 spiro atoms. The lowest BCUT2D eigenvalue weighted by atomic mass is 9.82. The van der Waals surface area contributed by atoms with Crippen LogP contribution in [-0.2, 0) is 5.41 Å². The lowest BCUT2D eigenvalue weighted by molar-refractivity contribution is 0.660. The summed E-state index contributed by atoms with van der Waals surface area (Å²) in [6.07, 6.45) is 0. The largest absolute Gasteiger partial charge is 0.456 e. The second-order valence-electron chi connectivity index (χ2n) is 32.5. The number of para-hydroxylation sites is 5. The molecule has 4 heterocycles. The molecule has 0 aliphatic heterocycles. The SMILES string of the molecule is CC1(C)c2ccccc2-c2ccc(N(c3ccccc3)c3ccc(-c4ccc(-n5c6cccc7c6c6c8c(cccc8ccc65)-c5cc6c(cc5-7)oc5ccccc56)cc4)cc3)cc21.c1ccc(N(c2ccccc2)c2ccc(-c3ccc(-n4c5cccc6c5c5c7c(cccc7ccc54)-c4cc5c(cc4-6)oc4ccccc45)cc3)cc2)cc1. The normalized spacial score (nSPS) is 12.7. The maximum Gasteiger partial charge on any atom is 0.136 e.